The van der Waals surface area contributed by atoms with E-state index in [4.69, 9.17) is 0 Å². The van der Waals surface area contributed by atoms with Crippen LogP contribution in [0.15, 0.2) is 29.2 Å². The first-order valence-electron chi connectivity index (χ1n) is 6.68. The fourth-order valence-electron chi connectivity index (χ4n) is 2.00. The van der Waals surface area contributed by atoms with Crippen LogP contribution in [-0.4, -0.2) is 23.4 Å². The smallest absolute Gasteiger partial charge is 0.254 e. The van der Waals surface area contributed by atoms with Gasteiger partial charge in [0, 0.05) is 23.0 Å². The van der Waals surface area contributed by atoms with Gasteiger partial charge in [0.1, 0.15) is 0 Å². The molecular formula is C15H21NOS. The van der Waals surface area contributed by atoms with Crippen LogP contribution in [0.3, 0.4) is 0 Å². The molecule has 0 unspecified atom stereocenters. The number of thiol groups is 1. The van der Waals surface area contributed by atoms with Gasteiger partial charge in [0.25, 0.3) is 5.91 Å². The Morgan fingerprint density at radius 1 is 1.33 bits per heavy atom. The van der Waals surface area contributed by atoms with Gasteiger partial charge >= 0.3 is 0 Å². The lowest BCUT2D eigenvalue weighted by atomic mass is 10.1. The van der Waals surface area contributed by atoms with Crippen molar-refractivity contribution >= 4 is 18.5 Å². The monoisotopic (exact) mass is 263 g/mol. The van der Waals surface area contributed by atoms with Gasteiger partial charge in [0.2, 0.25) is 0 Å². The van der Waals surface area contributed by atoms with Crippen molar-refractivity contribution in [2.45, 2.75) is 44.0 Å². The summed E-state index contributed by atoms with van der Waals surface area (Å²) in [6, 6.07) is 7.98. The standard InChI is InChI=1S/C15H21NOS/c1-11(2)9-10-16(13-5-6-13)15(17)12-3-7-14(18)8-4-12/h3-4,7-8,11,13,18H,5-6,9-10H2,1-2H3. The zero-order valence-electron chi connectivity index (χ0n) is 11.1. The lowest BCUT2D eigenvalue weighted by molar-refractivity contribution is 0.0735. The first-order chi connectivity index (χ1) is 8.58. The number of benzene rings is 1. The van der Waals surface area contributed by atoms with Crippen LogP contribution in [0.1, 0.15) is 43.5 Å². The molecule has 2 nitrogen and oxygen atoms in total. The molecule has 3 heteroatoms. The molecule has 1 fully saturated rings. The second-order valence-electron chi connectivity index (χ2n) is 5.46. The lowest BCUT2D eigenvalue weighted by Crippen LogP contribution is -2.34. The molecule has 0 radical (unpaired) electrons. The number of hydrogen-bond donors (Lipinski definition) is 1. The van der Waals surface area contributed by atoms with E-state index in [0.717, 1.165) is 36.3 Å². The van der Waals surface area contributed by atoms with E-state index in [0.29, 0.717) is 12.0 Å². The molecule has 98 valence electrons. The minimum atomic E-state index is 0.173. The Labute approximate surface area is 115 Å². The van der Waals surface area contributed by atoms with Crippen LogP contribution in [0.5, 0.6) is 0 Å². The highest BCUT2D eigenvalue weighted by atomic mass is 32.1. The summed E-state index contributed by atoms with van der Waals surface area (Å²) in [6.07, 6.45) is 3.40. The van der Waals surface area contributed by atoms with E-state index >= 15 is 0 Å². The number of carbonyl (C=O) groups is 1. The number of carbonyl (C=O) groups excluding carboxylic acids is 1. The van der Waals surface area contributed by atoms with Crippen molar-refractivity contribution in [3.63, 3.8) is 0 Å². The van der Waals surface area contributed by atoms with Gasteiger partial charge in [-0.05, 0) is 49.4 Å². The highest BCUT2D eigenvalue weighted by Gasteiger charge is 2.32. The van der Waals surface area contributed by atoms with Crippen LogP contribution in [-0.2, 0) is 0 Å². The summed E-state index contributed by atoms with van der Waals surface area (Å²) in [5, 5.41) is 0. The molecule has 0 saturated heterocycles. The minimum absolute atomic E-state index is 0.173. The fraction of sp³-hybridized carbons (Fsp3) is 0.533. The van der Waals surface area contributed by atoms with Crippen LogP contribution in [0.2, 0.25) is 0 Å². The molecule has 1 aliphatic rings. The topological polar surface area (TPSA) is 20.3 Å². The third-order valence-electron chi connectivity index (χ3n) is 3.31. The highest BCUT2D eigenvalue weighted by molar-refractivity contribution is 7.80. The molecule has 1 aromatic carbocycles. The number of rotatable bonds is 5. The zero-order chi connectivity index (χ0) is 13.1. The molecule has 1 saturated carbocycles. The van der Waals surface area contributed by atoms with Crippen molar-refractivity contribution in [2.24, 2.45) is 5.92 Å². The molecule has 0 heterocycles. The fourth-order valence-corrected chi connectivity index (χ4v) is 2.15. The van der Waals surface area contributed by atoms with Gasteiger partial charge < -0.3 is 4.90 Å². The van der Waals surface area contributed by atoms with E-state index in [9.17, 15) is 4.79 Å². The van der Waals surface area contributed by atoms with Gasteiger partial charge in [-0.15, -0.1) is 12.6 Å². The quantitative estimate of drug-likeness (QED) is 0.804. The molecular weight excluding hydrogens is 242 g/mol. The normalized spacial score (nSPS) is 14.9. The molecule has 0 atom stereocenters. The lowest BCUT2D eigenvalue weighted by Gasteiger charge is -2.23. The molecule has 0 aromatic heterocycles. The average Bonchev–Trinajstić information content (AvgIpc) is 3.14. The Bertz CT molecular complexity index is 409. The molecule has 1 aromatic rings. The van der Waals surface area contributed by atoms with E-state index in [1.807, 2.05) is 29.2 Å². The Kier molecular flexibility index (Phi) is 4.33. The van der Waals surface area contributed by atoms with Crippen LogP contribution in [0.25, 0.3) is 0 Å². The van der Waals surface area contributed by atoms with Crippen molar-refractivity contribution in [1.82, 2.24) is 4.90 Å². The van der Waals surface area contributed by atoms with Crippen molar-refractivity contribution in [2.75, 3.05) is 6.54 Å². The van der Waals surface area contributed by atoms with Gasteiger partial charge in [-0.3, -0.25) is 4.79 Å². The predicted octanol–water partition coefficient (Wildman–Crippen LogP) is 3.63. The van der Waals surface area contributed by atoms with Crippen LogP contribution in [0.4, 0.5) is 0 Å². The minimum Gasteiger partial charge on any atom is -0.336 e. The molecule has 0 spiro atoms. The first kappa shape index (κ1) is 13.5. The van der Waals surface area contributed by atoms with Crippen molar-refractivity contribution in [3.8, 4) is 0 Å². The Balaban J connectivity index is 2.05. The van der Waals surface area contributed by atoms with Gasteiger partial charge in [-0.2, -0.15) is 0 Å². The maximum atomic E-state index is 12.5. The van der Waals surface area contributed by atoms with Gasteiger partial charge in [0.15, 0.2) is 0 Å². The summed E-state index contributed by atoms with van der Waals surface area (Å²) >= 11 is 4.25. The summed E-state index contributed by atoms with van der Waals surface area (Å²) in [5.74, 6) is 0.811. The second kappa shape index (κ2) is 5.79. The van der Waals surface area contributed by atoms with Crippen LogP contribution < -0.4 is 0 Å². The van der Waals surface area contributed by atoms with E-state index in [1.54, 1.807) is 0 Å². The van der Waals surface area contributed by atoms with Gasteiger partial charge in [-0.25, -0.2) is 0 Å². The molecule has 1 amide bonds. The Morgan fingerprint density at radius 2 is 1.94 bits per heavy atom. The number of hydrogen-bond acceptors (Lipinski definition) is 2. The second-order valence-corrected chi connectivity index (χ2v) is 5.98. The first-order valence-corrected chi connectivity index (χ1v) is 7.12. The third-order valence-corrected chi connectivity index (χ3v) is 3.61. The maximum Gasteiger partial charge on any atom is 0.254 e. The van der Waals surface area contributed by atoms with E-state index in [1.165, 1.54) is 0 Å². The molecule has 1 aliphatic carbocycles. The largest absolute Gasteiger partial charge is 0.336 e. The molecule has 0 N–H and O–H groups in total. The Hall–Kier alpha value is -0.960. The molecule has 0 aliphatic heterocycles. The van der Waals surface area contributed by atoms with E-state index in [2.05, 4.69) is 26.5 Å². The summed E-state index contributed by atoms with van der Waals surface area (Å²) in [6.45, 7) is 5.28. The molecule has 0 bridgehead atoms. The summed E-state index contributed by atoms with van der Waals surface area (Å²) in [5.41, 5.74) is 0.781. The van der Waals surface area contributed by atoms with Crippen molar-refractivity contribution < 1.29 is 4.79 Å². The average molecular weight is 263 g/mol. The summed E-state index contributed by atoms with van der Waals surface area (Å²) in [7, 11) is 0. The van der Waals surface area contributed by atoms with Crippen molar-refractivity contribution in [1.29, 1.82) is 0 Å². The van der Waals surface area contributed by atoms with Crippen molar-refractivity contribution in [3.05, 3.63) is 29.8 Å². The highest BCUT2D eigenvalue weighted by Crippen LogP contribution is 2.29. The SMILES string of the molecule is CC(C)CCN(C(=O)c1ccc(S)cc1)C1CC1. The van der Waals surface area contributed by atoms with E-state index < -0.39 is 0 Å². The third kappa shape index (κ3) is 3.52. The number of nitrogens with zero attached hydrogens (tertiary/aromatic N) is 1. The van der Waals surface area contributed by atoms with Crippen LogP contribution >= 0.6 is 12.6 Å². The molecule has 2 rings (SSSR count). The van der Waals surface area contributed by atoms with Gasteiger partial charge in [0.05, 0.1) is 0 Å². The summed E-state index contributed by atoms with van der Waals surface area (Å²) in [4.78, 5) is 15.4. The van der Waals surface area contributed by atoms with Crippen LogP contribution in [0, 0.1) is 5.92 Å². The number of amides is 1. The predicted molar refractivity (Wildman–Crippen MR) is 77.2 cm³/mol. The van der Waals surface area contributed by atoms with Gasteiger partial charge in [-0.1, -0.05) is 13.8 Å². The molecule has 18 heavy (non-hydrogen) atoms. The summed E-state index contributed by atoms with van der Waals surface area (Å²) < 4.78 is 0. The Morgan fingerprint density at radius 3 is 2.44 bits per heavy atom. The zero-order valence-corrected chi connectivity index (χ0v) is 12.0. The van der Waals surface area contributed by atoms with E-state index in [-0.39, 0.29) is 5.91 Å². The maximum absolute atomic E-state index is 12.5.